The number of allylic oxidation sites excluding steroid dienone is 1. The molecule has 3 nitrogen and oxygen atoms in total. The zero-order valence-corrected chi connectivity index (χ0v) is 10.8. The van der Waals surface area contributed by atoms with Crippen LogP contribution in [0.5, 0.6) is 0 Å². The van der Waals surface area contributed by atoms with Gasteiger partial charge in [0.15, 0.2) is 0 Å². The van der Waals surface area contributed by atoms with Gasteiger partial charge in [-0.3, -0.25) is 0 Å². The molecule has 0 spiro atoms. The van der Waals surface area contributed by atoms with E-state index in [0.29, 0.717) is 0 Å². The van der Waals surface area contributed by atoms with Crippen molar-refractivity contribution in [2.75, 3.05) is 6.26 Å². The van der Waals surface area contributed by atoms with Crippen LogP contribution in [0.15, 0.2) is 47.9 Å². The molecule has 88 valence electrons. The van der Waals surface area contributed by atoms with Crippen LogP contribution in [0, 0.1) is 0 Å². The van der Waals surface area contributed by atoms with E-state index in [-0.39, 0.29) is 0 Å². The fourth-order valence-corrected chi connectivity index (χ4v) is 1.93. The molecule has 0 aliphatic rings. The first-order valence-corrected chi connectivity index (χ1v) is 6.79. The SMILES string of the molecule is CC/C=C(\c1ccccc1)n1cnc(SC)n1. The molecule has 0 radical (unpaired) electrons. The highest BCUT2D eigenvalue weighted by Crippen LogP contribution is 2.18. The highest BCUT2D eigenvalue weighted by Gasteiger charge is 2.06. The lowest BCUT2D eigenvalue weighted by Crippen LogP contribution is -1.99. The zero-order valence-electron chi connectivity index (χ0n) is 10.00. The van der Waals surface area contributed by atoms with Gasteiger partial charge in [0.1, 0.15) is 6.33 Å². The van der Waals surface area contributed by atoms with Gasteiger partial charge in [-0.05, 0) is 18.2 Å². The number of rotatable bonds is 4. The van der Waals surface area contributed by atoms with E-state index in [0.717, 1.165) is 22.8 Å². The third-order valence-electron chi connectivity index (χ3n) is 2.37. The fourth-order valence-electron chi connectivity index (χ4n) is 1.60. The Bertz CT molecular complexity index is 502. The molecular formula is C13H15N3S. The van der Waals surface area contributed by atoms with E-state index in [4.69, 9.17) is 0 Å². The van der Waals surface area contributed by atoms with Crippen molar-refractivity contribution in [1.29, 1.82) is 0 Å². The minimum atomic E-state index is 0.794. The van der Waals surface area contributed by atoms with E-state index < -0.39 is 0 Å². The van der Waals surface area contributed by atoms with Crippen molar-refractivity contribution in [3.8, 4) is 0 Å². The van der Waals surface area contributed by atoms with Crippen molar-refractivity contribution in [1.82, 2.24) is 14.8 Å². The van der Waals surface area contributed by atoms with Crippen molar-refractivity contribution in [3.05, 3.63) is 48.3 Å². The molecule has 0 atom stereocenters. The van der Waals surface area contributed by atoms with Crippen molar-refractivity contribution in [2.24, 2.45) is 0 Å². The van der Waals surface area contributed by atoms with Crippen LogP contribution in [0.4, 0.5) is 0 Å². The molecular weight excluding hydrogens is 230 g/mol. The summed E-state index contributed by atoms with van der Waals surface area (Å²) in [6.45, 7) is 2.12. The van der Waals surface area contributed by atoms with Gasteiger partial charge in [0, 0.05) is 0 Å². The lowest BCUT2D eigenvalue weighted by molar-refractivity contribution is 0.850. The Labute approximate surface area is 106 Å². The Balaban J connectivity index is 2.40. The lowest BCUT2D eigenvalue weighted by atomic mass is 10.1. The topological polar surface area (TPSA) is 30.7 Å². The summed E-state index contributed by atoms with van der Waals surface area (Å²) in [6, 6.07) is 10.3. The van der Waals surface area contributed by atoms with Gasteiger partial charge in [-0.15, -0.1) is 5.10 Å². The number of hydrogen-bond acceptors (Lipinski definition) is 3. The largest absolute Gasteiger partial charge is 0.220 e. The van der Waals surface area contributed by atoms with Crippen LogP contribution in [0.25, 0.3) is 5.70 Å². The molecule has 0 N–H and O–H groups in total. The Kier molecular flexibility index (Phi) is 3.98. The second-order valence-corrected chi connectivity index (χ2v) is 4.31. The summed E-state index contributed by atoms with van der Waals surface area (Å²) in [5.41, 5.74) is 2.24. The summed E-state index contributed by atoms with van der Waals surface area (Å²) >= 11 is 1.55. The number of thioether (sulfide) groups is 1. The summed E-state index contributed by atoms with van der Waals surface area (Å²) < 4.78 is 1.84. The maximum atomic E-state index is 4.42. The van der Waals surface area contributed by atoms with Crippen LogP contribution >= 0.6 is 11.8 Å². The zero-order chi connectivity index (χ0) is 12.1. The minimum Gasteiger partial charge on any atom is -0.220 e. The van der Waals surface area contributed by atoms with Gasteiger partial charge >= 0.3 is 0 Å². The first kappa shape index (κ1) is 11.9. The smallest absolute Gasteiger partial charge is 0.208 e. The van der Waals surface area contributed by atoms with Gasteiger partial charge < -0.3 is 0 Å². The summed E-state index contributed by atoms with van der Waals surface area (Å²) in [7, 11) is 0. The first-order chi connectivity index (χ1) is 8.35. The Hall–Kier alpha value is -1.55. The van der Waals surface area contributed by atoms with Crippen LogP contribution in [0.1, 0.15) is 18.9 Å². The number of aromatic nitrogens is 3. The number of nitrogens with zero attached hydrogens (tertiary/aromatic N) is 3. The molecule has 0 unspecified atom stereocenters. The molecule has 2 rings (SSSR count). The van der Waals surface area contributed by atoms with Gasteiger partial charge in [-0.1, -0.05) is 55.1 Å². The van der Waals surface area contributed by atoms with Crippen LogP contribution in [-0.2, 0) is 0 Å². The van der Waals surface area contributed by atoms with Crippen LogP contribution in [-0.4, -0.2) is 21.0 Å². The number of hydrogen-bond donors (Lipinski definition) is 0. The molecule has 0 bridgehead atoms. The van der Waals surface area contributed by atoms with Gasteiger partial charge in [0.05, 0.1) is 5.70 Å². The van der Waals surface area contributed by atoms with Crippen molar-refractivity contribution < 1.29 is 0 Å². The predicted octanol–water partition coefficient (Wildman–Crippen LogP) is 3.30. The Morgan fingerprint density at radius 3 is 2.71 bits per heavy atom. The summed E-state index contributed by atoms with van der Waals surface area (Å²) in [4.78, 5) is 4.24. The monoisotopic (exact) mass is 245 g/mol. The fraction of sp³-hybridized carbons (Fsp3) is 0.231. The predicted molar refractivity (Wildman–Crippen MR) is 71.9 cm³/mol. The van der Waals surface area contributed by atoms with E-state index in [2.05, 4.69) is 35.2 Å². The number of benzene rings is 1. The molecule has 1 aromatic carbocycles. The minimum absolute atomic E-state index is 0.794. The molecule has 1 aromatic heterocycles. The second-order valence-electron chi connectivity index (χ2n) is 3.54. The summed E-state index contributed by atoms with van der Waals surface area (Å²) in [5, 5.41) is 5.22. The molecule has 0 amide bonds. The van der Waals surface area contributed by atoms with Gasteiger partial charge in [0.25, 0.3) is 0 Å². The van der Waals surface area contributed by atoms with Gasteiger partial charge in [-0.2, -0.15) is 0 Å². The molecule has 17 heavy (non-hydrogen) atoms. The van der Waals surface area contributed by atoms with E-state index in [1.165, 1.54) is 0 Å². The maximum Gasteiger partial charge on any atom is 0.208 e. The van der Waals surface area contributed by atoms with Gasteiger partial charge in [-0.25, -0.2) is 9.67 Å². The van der Waals surface area contributed by atoms with Crippen molar-refractivity contribution in [3.63, 3.8) is 0 Å². The molecule has 4 heteroatoms. The first-order valence-electron chi connectivity index (χ1n) is 5.56. The third-order valence-corrected chi connectivity index (χ3v) is 2.92. The molecule has 0 aliphatic carbocycles. The maximum absolute atomic E-state index is 4.42. The third kappa shape index (κ3) is 2.77. The summed E-state index contributed by atoms with van der Waals surface area (Å²) in [6.07, 6.45) is 6.87. The van der Waals surface area contributed by atoms with E-state index >= 15 is 0 Å². The van der Waals surface area contributed by atoms with Crippen LogP contribution in [0.3, 0.4) is 0 Å². The molecule has 1 heterocycles. The normalized spacial score (nSPS) is 11.8. The average Bonchev–Trinajstić information content (AvgIpc) is 2.85. The molecule has 0 aliphatic heterocycles. The van der Waals surface area contributed by atoms with Crippen molar-refractivity contribution in [2.45, 2.75) is 18.5 Å². The van der Waals surface area contributed by atoms with E-state index in [1.54, 1.807) is 18.1 Å². The van der Waals surface area contributed by atoms with Crippen LogP contribution < -0.4 is 0 Å². The Morgan fingerprint density at radius 2 is 2.12 bits per heavy atom. The molecule has 0 saturated carbocycles. The second kappa shape index (κ2) is 5.68. The highest BCUT2D eigenvalue weighted by atomic mass is 32.2. The summed E-state index contributed by atoms with van der Waals surface area (Å²) in [5.74, 6) is 0. The highest BCUT2D eigenvalue weighted by molar-refractivity contribution is 7.98. The van der Waals surface area contributed by atoms with Gasteiger partial charge in [0.2, 0.25) is 5.16 Å². The molecule has 0 saturated heterocycles. The quantitative estimate of drug-likeness (QED) is 0.774. The van der Waals surface area contributed by atoms with Crippen LogP contribution in [0.2, 0.25) is 0 Å². The molecule has 0 fully saturated rings. The average molecular weight is 245 g/mol. The standard InChI is InChI=1S/C13H15N3S/c1-3-7-12(11-8-5-4-6-9-11)16-10-14-13(15-16)17-2/h4-10H,3H2,1-2H3/b12-7+. The van der Waals surface area contributed by atoms with E-state index in [1.807, 2.05) is 29.1 Å². The van der Waals surface area contributed by atoms with E-state index in [9.17, 15) is 0 Å². The lowest BCUT2D eigenvalue weighted by Gasteiger charge is -2.06. The van der Waals surface area contributed by atoms with Crippen molar-refractivity contribution >= 4 is 17.5 Å². The molecule has 2 aromatic rings. The Morgan fingerprint density at radius 1 is 1.35 bits per heavy atom.